The molecule has 1 aliphatic heterocycles. The van der Waals surface area contributed by atoms with Crippen LogP contribution in [0.3, 0.4) is 0 Å². The van der Waals surface area contributed by atoms with Gasteiger partial charge in [0.2, 0.25) is 5.88 Å². The number of likely N-dealkylation sites (tertiary alicyclic amines) is 1. The van der Waals surface area contributed by atoms with Crippen molar-refractivity contribution in [1.29, 1.82) is 0 Å². The fourth-order valence-corrected chi connectivity index (χ4v) is 3.70. The molecule has 4 rings (SSSR count). The highest BCUT2D eigenvalue weighted by atomic mass is 16.5. The average Bonchev–Trinajstić information content (AvgIpc) is 2.75. The number of hydrogen-bond donors (Lipinski definition) is 1. The zero-order valence-electron chi connectivity index (χ0n) is 16.9. The molecule has 0 spiro atoms. The molecule has 1 amide bonds. The summed E-state index contributed by atoms with van der Waals surface area (Å²) in [7, 11) is 0. The number of carbonyl (C=O) groups excluding carboxylic acids is 1. The Morgan fingerprint density at radius 2 is 2.03 bits per heavy atom. The molecule has 29 heavy (non-hydrogen) atoms. The Morgan fingerprint density at radius 1 is 1.17 bits per heavy atom. The average molecular weight is 390 g/mol. The summed E-state index contributed by atoms with van der Waals surface area (Å²) in [5.74, 6) is 0.435. The van der Waals surface area contributed by atoms with Gasteiger partial charge < -0.3 is 15.0 Å². The van der Waals surface area contributed by atoms with Gasteiger partial charge in [0, 0.05) is 24.8 Å². The molecular formula is C23H26N4O2. The summed E-state index contributed by atoms with van der Waals surface area (Å²) in [6, 6.07) is 14.3. The van der Waals surface area contributed by atoms with Gasteiger partial charge in [0.25, 0.3) is 5.91 Å². The molecule has 6 nitrogen and oxygen atoms in total. The van der Waals surface area contributed by atoms with Crippen LogP contribution in [0.25, 0.3) is 10.9 Å². The monoisotopic (exact) mass is 390 g/mol. The molecule has 0 unspecified atom stereocenters. The van der Waals surface area contributed by atoms with Crippen molar-refractivity contribution in [3.8, 4) is 5.88 Å². The Morgan fingerprint density at radius 3 is 2.90 bits per heavy atom. The van der Waals surface area contributed by atoms with Crippen molar-refractivity contribution in [1.82, 2.24) is 14.9 Å². The fraction of sp³-hybridized carbons (Fsp3) is 0.348. The van der Waals surface area contributed by atoms with Crippen LogP contribution in [0.2, 0.25) is 0 Å². The first-order valence-electron chi connectivity index (χ1n) is 10.0. The third kappa shape index (κ3) is 4.47. The minimum Gasteiger partial charge on any atom is -0.467 e. The number of ether oxygens (including phenoxy) is 1. The Bertz CT molecular complexity index is 1020. The quantitative estimate of drug-likeness (QED) is 0.719. The molecular weight excluding hydrogens is 364 g/mol. The smallest absolute Gasteiger partial charge is 0.260 e. The Kier molecular flexibility index (Phi) is 5.60. The zero-order chi connectivity index (χ0) is 20.2. The van der Waals surface area contributed by atoms with E-state index in [1.54, 1.807) is 0 Å². The number of nitrogens with zero attached hydrogens (tertiary/aromatic N) is 3. The first kappa shape index (κ1) is 19.2. The van der Waals surface area contributed by atoms with E-state index in [-0.39, 0.29) is 18.6 Å². The van der Waals surface area contributed by atoms with Gasteiger partial charge in [-0.15, -0.1) is 0 Å². The van der Waals surface area contributed by atoms with Gasteiger partial charge in [0.15, 0.2) is 6.61 Å². The Labute approximate surface area is 170 Å². The van der Waals surface area contributed by atoms with Crippen LogP contribution in [0.15, 0.2) is 48.8 Å². The number of piperidine rings is 1. The SMILES string of the molecule is Cc1ccc(N[C@@H]2CCCN(C(=O)COc3ncnc4ccccc34)C2)cc1C. The van der Waals surface area contributed by atoms with Crippen molar-refractivity contribution < 1.29 is 9.53 Å². The maximum Gasteiger partial charge on any atom is 0.260 e. The molecule has 1 atom stereocenters. The predicted octanol–water partition coefficient (Wildman–Crippen LogP) is 3.73. The van der Waals surface area contributed by atoms with Crippen LogP contribution in [0.5, 0.6) is 5.88 Å². The number of aryl methyl sites for hydroxylation is 2. The van der Waals surface area contributed by atoms with Crippen LogP contribution in [-0.2, 0) is 4.79 Å². The maximum atomic E-state index is 12.7. The number of aromatic nitrogens is 2. The van der Waals surface area contributed by atoms with E-state index in [0.29, 0.717) is 12.4 Å². The summed E-state index contributed by atoms with van der Waals surface area (Å²) in [5, 5.41) is 4.39. The van der Waals surface area contributed by atoms with E-state index >= 15 is 0 Å². The van der Waals surface area contributed by atoms with Gasteiger partial charge in [0.1, 0.15) is 6.33 Å². The molecule has 1 aliphatic rings. The van der Waals surface area contributed by atoms with Crippen molar-refractivity contribution >= 4 is 22.5 Å². The molecule has 150 valence electrons. The third-order valence-electron chi connectivity index (χ3n) is 5.49. The van der Waals surface area contributed by atoms with Crippen molar-refractivity contribution in [3.63, 3.8) is 0 Å². The zero-order valence-corrected chi connectivity index (χ0v) is 16.9. The highest BCUT2D eigenvalue weighted by Crippen LogP contribution is 2.22. The van der Waals surface area contributed by atoms with Crippen LogP contribution in [0.1, 0.15) is 24.0 Å². The van der Waals surface area contributed by atoms with Crippen molar-refractivity contribution in [3.05, 3.63) is 59.9 Å². The van der Waals surface area contributed by atoms with Crippen LogP contribution in [0, 0.1) is 13.8 Å². The highest BCUT2D eigenvalue weighted by molar-refractivity contribution is 5.84. The predicted molar refractivity (Wildman–Crippen MR) is 114 cm³/mol. The molecule has 1 aromatic heterocycles. The lowest BCUT2D eigenvalue weighted by molar-refractivity contribution is -0.134. The molecule has 2 heterocycles. The molecule has 0 radical (unpaired) electrons. The van der Waals surface area contributed by atoms with Crippen LogP contribution in [-0.4, -0.2) is 46.5 Å². The van der Waals surface area contributed by atoms with Gasteiger partial charge >= 0.3 is 0 Å². The van der Waals surface area contributed by atoms with E-state index in [9.17, 15) is 4.79 Å². The minimum atomic E-state index is -0.0165. The fourth-order valence-electron chi connectivity index (χ4n) is 3.70. The van der Waals surface area contributed by atoms with E-state index in [0.717, 1.165) is 36.0 Å². The summed E-state index contributed by atoms with van der Waals surface area (Å²) in [5.41, 5.74) is 4.46. The molecule has 0 bridgehead atoms. The second-order valence-corrected chi connectivity index (χ2v) is 7.61. The summed E-state index contributed by atoms with van der Waals surface area (Å²) < 4.78 is 5.75. The van der Waals surface area contributed by atoms with Gasteiger partial charge in [0.05, 0.1) is 10.9 Å². The van der Waals surface area contributed by atoms with Gasteiger partial charge in [-0.3, -0.25) is 4.79 Å². The number of fused-ring (bicyclic) bond motifs is 1. The molecule has 1 fully saturated rings. The molecule has 1 N–H and O–H groups in total. The highest BCUT2D eigenvalue weighted by Gasteiger charge is 2.24. The number of anilines is 1. The van der Waals surface area contributed by atoms with Gasteiger partial charge in [-0.1, -0.05) is 18.2 Å². The van der Waals surface area contributed by atoms with E-state index < -0.39 is 0 Å². The van der Waals surface area contributed by atoms with E-state index in [1.165, 1.54) is 17.5 Å². The Hall–Kier alpha value is -3.15. The lowest BCUT2D eigenvalue weighted by atomic mass is 10.0. The number of rotatable bonds is 5. The maximum absolute atomic E-state index is 12.7. The van der Waals surface area contributed by atoms with E-state index in [2.05, 4.69) is 47.3 Å². The van der Waals surface area contributed by atoms with Crippen molar-refractivity contribution in [2.45, 2.75) is 32.7 Å². The number of para-hydroxylation sites is 1. The summed E-state index contributed by atoms with van der Waals surface area (Å²) >= 11 is 0. The van der Waals surface area contributed by atoms with Crippen LogP contribution in [0.4, 0.5) is 5.69 Å². The first-order valence-corrected chi connectivity index (χ1v) is 10.0. The van der Waals surface area contributed by atoms with E-state index in [1.807, 2.05) is 29.2 Å². The van der Waals surface area contributed by atoms with Gasteiger partial charge in [-0.05, 0) is 62.1 Å². The number of amides is 1. The van der Waals surface area contributed by atoms with Crippen molar-refractivity contribution in [2.24, 2.45) is 0 Å². The molecule has 2 aromatic carbocycles. The van der Waals surface area contributed by atoms with Crippen LogP contribution >= 0.6 is 0 Å². The second kappa shape index (κ2) is 8.47. The van der Waals surface area contributed by atoms with Gasteiger partial charge in [-0.25, -0.2) is 9.97 Å². The summed E-state index contributed by atoms with van der Waals surface area (Å²) in [6.07, 6.45) is 3.49. The topological polar surface area (TPSA) is 67.4 Å². The molecule has 3 aromatic rings. The molecule has 0 aliphatic carbocycles. The molecule has 6 heteroatoms. The first-order chi connectivity index (χ1) is 14.1. The van der Waals surface area contributed by atoms with Gasteiger partial charge in [-0.2, -0.15) is 0 Å². The summed E-state index contributed by atoms with van der Waals surface area (Å²) in [6.45, 7) is 5.65. The lowest BCUT2D eigenvalue weighted by Gasteiger charge is -2.33. The minimum absolute atomic E-state index is 0.0146. The number of hydrogen-bond acceptors (Lipinski definition) is 5. The summed E-state index contributed by atoms with van der Waals surface area (Å²) in [4.78, 5) is 23.0. The largest absolute Gasteiger partial charge is 0.467 e. The van der Waals surface area contributed by atoms with Crippen LogP contribution < -0.4 is 10.1 Å². The number of nitrogens with one attached hydrogen (secondary N) is 1. The normalized spacial score (nSPS) is 16.6. The lowest BCUT2D eigenvalue weighted by Crippen LogP contribution is -2.46. The second-order valence-electron chi connectivity index (χ2n) is 7.61. The van der Waals surface area contributed by atoms with Crippen molar-refractivity contribution in [2.75, 3.05) is 25.0 Å². The standard InChI is InChI=1S/C23H26N4O2/c1-16-9-10-18(12-17(16)2)26-19-6-5-11-27(13-19)22(28)14-29-23-20-7-3-4-8-21(20)24-15-25-23/h3-4,7-10,12,15,19,26H,5-6,11,13-14H2,1-2H3/t19-/m1/s1. The molecule has 0 saturated carbocycles. The number of carbonyl (C=O) groups is 1. The third-order valence-corrected chi connectivity index (χ3v) is 5.49. The molecule has 1 saturated heterocycles. The Balaban J connectivity index is 1.36. The van der Waals surface area contributed by atoms with E-state index in [4.69, 9.17) is 4.74 Å². The number of benzene rings is 2.